The molecule has 138 valence electrons. The van der Waals surface area contributed by atoms with E-state index in [1.807, 2.05) is 24.3 Å². The van der Waals surface area contributed by atoms with E-state index < -0.39 is 12.1 Å². The van der Waals surface area contributed by atoms with Crippen LogP contribution in [-0.4, -0.2) is 32.1 Å². The lowest BCUT2D eigenvalue weighted by Crippen LogP contribution is -2.24. The molecule has 0 aliphatic heterocycles. The van der Waals surface area contributed by atoms with Crippen LogP contribution in [0.5, 0.6) is 11.5 Å². The number of fused-ring (bicyclic) bond motifs is 1. The molecule has 0 fully saturated rings. The second kappa shape index (κ2) is 7.91. The van der Waals surface area contributed by atoms with Gasteiger partial charge in [0.15, 0.2) is 6.10 Å². The van der Waals surface area contributed by atoms with Crippen LogP contribution in [0.3, 0.4) is 0 Å². The summed E-state index contributed by atoms with van der Waals surface area (Å²) in [6.07, 6.45) is -0.929. The Morgan fingerprint density at radius 1 is 0.852 bits per heavy atom. The molecule has 0 aliphatic carbocycles. The fourth-order valence-corrected chi connectivity index (χ4v) is 2.82. The maximum atomic E-state index is 12.6. The molecular weight excluding hydrogens is 344 g/mol. The highest BCUT2D eigenvalue weighted by atomic mass is 16.5. The molecule has 0 bridgehead atoms. The number of carbonyl (C=O) groups is 2. The zero-order valence-corrected chi connectivity index (χ0v) is 15.4. The topological polar surface area (TPSA) is 61.8 Å². The Labute approximate surface area is 157 Å². The van der Waals surface area contributed by atoms with E-state index >= 15 is 0 Å². The van der Waals surface area contributed by atoms with Crippen molar-refractivity contribution in [3.63, 3.8) is 0 Å². The molecule has 3 aromatic rings. The van der Waals surface area contributed by atoms with E-state index in [1.165, 1.54) is 7.11 Å². The molecule has 0 aliphatic rings. The number of ketones is 1. The number of hydrogen-bond donors (Lipinski definition) is 0. The first-order valence-electron chi connectivity index (χ1n) is 8.49. The number of carbonyl (C=O) groups excluding carboxylic acids is 2. The molecule has 0 aromatic heterocycles. The van der Waals surface area contributed by atoms with E-state index in [0.717, 1.165) is 10.8 Å². The van der Waals surface area contributed by atoms with Crippen molar-refractivity contribution in [3.05, 3.63) is 71.8 Å². The summed E-state index contributed by atoms with van der Waals surface area (Å²) in [7, 11) is 3.05. The van der Waals surface area contributed by atoms with Gasteiger partial charge in [0.25, 0.3) is 0 Å². The molecule has 3 rings (SSSR count). The maximum Gasteiger partial charge on any atom is 0.342 e. The molecule has 27 heavy (non-hydrogen) atoms. The highest BCUT2D eigenvalue weighted by molar-refractivity contribution is 6.03. The molecule has 3 aromatic carbocycles. The van der Waals surface area contributed by atoms with Crippen molar-refractivity contribution < 1.29 is 23.8 Å². The third kappa shape index (κ3) is 3.92. The summed E-state index contributed by atoms with van der Waals surface area (Å²) < 4.78 is 15.8. The number of benzene rings is 3. The van der Waals surface area contributed by atoms with Gasteiger partial charge in [-0.3, -0.25) is 4.79 Å². The van der Waals surface area contributed by atoms with E-state index in [0.29, 0.717) is 17.1 Å². The Bertz CT molecular complexity index is 976. The van der Waals surface area contributed by atoms with Crippen molar-refractivity contribution in [3.8, 4) is 11.5 Å². The van der Waals surface area contributed by atoms with Gasteiger partial charge in [0.05, 0.1) is 14.2 Å². The molecule has 0 N–H and O–H groups in total. The predicted molar refractivity (Wildman–Crippen MR) is 103 cm³/mol. The largest absolute Gasteiger partial charge is 0.497 e. The fraction of sp³-hybridized carbons (Fsp3) is 0.182. The Balaban J connectivity index is 1.81. The first kappa shape index (κ1) is 18.5. The first-order chi connectivity index (χ1) is 13.0. The third-order valence-electron chi connectivity index (χ3n) is 4.32. The van der Waals surface area contributed by atoms with Gasteiger partial charge in [-0.05, 0) is 54.1 Å². The molecule has 0 amide bonds. The van der Waals surface area contributed by atoms with E-state index in [2.05, 4.69) is 0 Å². The van der Waals surface area contributed by atoms with Gasteiger partial charge < -0.3 is 14.2 Å². The molecule has 0 radical (unpaired) electrons. The average Bonchev–Trinajstić information content (AvgIpc) is 2.72. The van der Waals surface area contributed by atoms with E-state index in [1.54, 1.807) is 50.4 Å². The second-order valence-electron chi connectivity index (χ2n) is 6.04. The van der Waals surface area contributed by atoms with Crippen molar-refractivity contribution in [2.45, 2.75) is 13.0 Å². The molecule has 1 atom stereocenters. The van der Waals surface area contributed by atoms with Crippen LogP contribution in [-0.2, 0) is 4.74 Å². The van der Waals surface area contributed by atoms with Crippen LogP contribution in [0.2, 0.25) is 0 Å². The summed E-state index contributed by atoms with van der Waals surface area (Å²) in [5.74, 6) is 0.164. The number of esters is 1. The molecule has 5 nitrogen and oxygen atoms in total. The number of ether oxygens (including phenoxy) is 3. The predicted octanol–water partition coefficient (Wildman–Crippen LogP) is 4.29. The second-order valence-corrected chi connectivity index (χ2v) is 6.04. The third-order valence-corrected chi connectivity index (χ3v) is 4.32. The minimum atomic E-state index is -0.929. The van der Waals surface area contributed by atoms with Gasteiger partial charge >= 0.3 is 5.97 Å². The van der Waals surface area contributed by atoms with Crippen LogP contribution in [0.15, 0.2) is 60.7 Å². The normalized spacial score (nSPS) is 11.7. The number of rotatable bonds is 6. The van der Waals surface area contributed by atoms with E-state index in [-0.39, 0.29) is 11.3 Å². The monoisotopic (exact) mass is 364 g/mol. The van der Waals surface area contributed by atoms with Crippen LogP contribution in [0, 0.1) is 0 Å². The number of hydrogen-bond acceptors (Lipinski definition) is 5. The smallest absolute Gasteiger partial charge is 0.342 e. The summed E-state index contributed by atoms with van der Waals surface area (Å²) in [4.78, 5) is 25.2. The van der Waals surface area contributed by atoms with Crippen LogP contribution in [0.25, 0.3) is 10.8 Å². The summed E-state index contributed by atoms with van der Waals surface area (Å²) >= 11 is 0. The van der Waals surface area contributed by atoms with Crippen LogP contribution in [0.4, 0.5) is 0 Å². The number of methoxy groups -OCH3 is 2. The van der Waals surface area contributed by atoms with Crippen LogP contribution >= 0.6 is 0 Å². The van der Waals surface area contributed by atoms with Gasteiger partial charge in [0.2, 0.25) is 5.78 Å². The Kier molecular flexibility index (Phi) is 5.41. The Morgan fingerprint density at radius 2 is 1.48 bits per heavy atom. The number of Topliss-reactive ketones (excluding diaryl/α,β-unsaturated/α-hetero) is 1. The average molecular weight is 364 g/mol. The van der Waals surface area contributed by atoms with Crippen molar-refractivity contribution in [1.29, 1.82) is 0 Å². The molecular formula is C22H20O5. The summed E-state index contributed by atoms with van der Waals surface area (Å²) in [6, 6.07) is 17.8. The molecule has 5 heteroatoms. The minimum absolute atomic E-state index is 0.283. The summed E-state index contributed by atoms with van der Waals surface area (Å²) in [6.45, 7) is 1.55. The molecule has 0 saturated heterocycles. The fourth-order valence-electron chi connectivity index (χ4n) is 2.82. The zero-order chi connectivity index (χ0) is 19.4. The van der Waals surface area contributed by atoms with Gasteiger partial charge in [-0.2, -0.15) is 0 Å². The zero-order valence-electron chi connectivity index (χ0n) is 15.4. The van der Waals surface area contributed by atoms with E-state index in [4.69, 9.17) is 14.2 Å². The lowest BCUT2D eigenvalue weighted by atomic mass is 10.1. The molecule has 0 saturated carbocycles. The SMILES string of the molecule is COc1ccc(C(=O)[C@@H](C)OC(=O)c2cc3ccccc3cc2OC)cc1. The van der Waals surface area contributed by atoms with Gasteiger partial charge in [0, 0.05) is 5.56 Å². The molecule has 0 heterocycles. The lowest BCUT2D eigenvalue weighted by molar-refractivity contribution is 0.0316. The van der Waals surface area contributed by atoms with Crippen LogP contribution < -0.4 is 9.47 Å². The first-order valence-corrected chi connectivity index (χ1v) is 8.49. The van der Waals surface area contributed by atoms with Gasteiger partial charge in [-0.25, -0.2) is 4.79 Å². The molecule has 0 spiro atoms. The van der Waals surface area contributed by atoms with Crippen molar-refractivity contribution in [1.82, 2.24) is 0 Å². The summed E-state index contributed by atoms with van der Waals surface area (Å²) in [5.41, 5.74) is 0.729. The van der Waals surface area contributed by atoms with Crippen LogP contribution in [0.1, 0.15) is 27.6 Å². The van der Waals surface area contributed by atoms with Gasteiger partial charge in [-0.15, -0.1) is 0 Å². The van der Waals surface area contributed by atoms with Crippen molar-refractivity contribution >= 4 is 22.5 Å². The van der Waals surface area contributed by atoms with Gasteiger partial charge in [0.1, 0.15) is 17.1 Å². The lowest BCUT2D eigenvalue weighted by Gasteiger charge is -2.15. The highest BCUT2D eigenvalue weighted by Crippen LogP contribution is 2.27. The standard InChI is InChI=1S/C22H20O5/c1-14(21(23)15-8-10-18(25-2)11-9-15)27-22(24)19-12-16-6-4-5-7-17(16)13-20(19)26-3/h4-14H,1-3H3/t14-/m1/s1. The Hall–Kier alpha value is -3.34. The quantitative estimate of drug-likeness (QED) is 0.482. The Morgan fingerprint density at radius 3 is 2.07 bits per heavy atom. The van der Waals surface area contributed by atoms with E-state index in [9.17, 15) is 9.59 Å². The van der Waals surface area contributed by atoms with Gasteiger partial charge in [-0.1, -0.05) is 24.3 Å². The maximum absolute atomic E-state index is 12.6. The summed E-state index contributed by atoms with van der Waals surface area (Å²) in [5, 5.41) is 1.84. The highest BCUT2D eigenvalue weighted by Gasteiger charge is 2.23. The van der Waals surface area contributed by atoms with Crippen molar-refractivity contribution in [2.75, 3.05) is 14.2 Å². The van der Waals surface area contributed by atoms with Crippen molar-refractivity contribution in [2.24, 2.45) is 0 Å². The minimum Gasteiger partial charge on any atom is -0.497 e. The molecule has 0 unspecified atom stereocenters.